The van der Waals surface area contributed by atoms with Crippen molar-refractivity contribution in [1.82, 2.24) is 14.3 Å². The summed E-state index contributed by atoms with van der Waals surface area (Å²) in [6.07, 6.45) is 10.7. The summed E-state index contributed by atoms with van der Waals surface area (Å²) in [5.74, 6) is 0.537. The lowest BCUT2D eigenvalue weighted by Crippen LogP contribution is -2.30. The number of hydrogen-bond donors (Lipinski definition) is 0. The van der Waals surface area contributed by atoms with Gasteiger partial charge < -0.3 is 13.9 Å². The van der Waals surface area contributed by atoms with Gasteiger partial charge in [0.1, 0.15) is 0 Å². The van der Waals surface area contributed by atoms with Crippen molar-refractivity contribution >= 4 is 17.6 Å². The molecule has 1 aliphatic rings. The predicted molar refractivity (Wildman–Crippen MR) is 95.7 cm³/mol. The van der Waals surface area contributed by atoms with Crippen LogP contribution in [0, 0.1) is 0 Å². The van der Waals surface area contributed by atoms with Crippen molar-refractivity contribution in [2.45, 2.75) is 39.0 Å². The van der Waals surface area contributed by atoms with Crippen LogP contribution in [-0.2, 0) is 9.53 Å². The number of amides is 2. The Bertz CT molecular complexity index is 812. The highest BCUT2D eigenvalue weighted by molar-refractivity contribution is 6.07. The van der Waals surface area contributed by atoms with Gasteiger partial charge in [0.2, 0.25) is 0 Å². The zero-order chi connectivity index (χ0) is 18.4. The number of rotatable bonds is 9. The van der Waals surface area contributed by atoms with Crippen LogP contribution in [0.15, 0.2) is 42.6 Å². The third kappa shape index (κ3) is 4.04. The summed E-state index contributed by atoms with van der Waals surface area (Å²) >= 11 is 0. The van der Waals surface area contributed by atoms with Gasteiger partial charge in [0.15, 0.2) is 17.2 Å². The van der Waals surface area contributed by atoms with Gasteiger partial charge >= 0.3 is 6.09 Å². The van der Waals surface area contributed by atoms with E-state index in [0.717, 1.165) is 35.6 Å². The third-order valence-electron chi connectivity index (χ3n) is 4.18. The Hall–Kier alpha value is -2.83. The van der Waals surface area contributed by atoms with E-state index in [4.69, 9.17) is 9.47 Å². The number of imidazole rings is 1. The zero-order valence-corrected chi connectivity index (χ0v) is 14.9. The Kier molecular flexibility index (Phi) is 5.88. The molecule has 0 spiro atoms. The van der Waals surface area contributed by atoms with Crippen molar-refractivity contribution in [2.24, 2.45) is 0 Å². The van der Waals surface area contributed by atoms with Gasteiger partial charge in [-0.2, -0.15) is 0 Å². The second-order valence-corrected chi connectivity index (χ2v) is 6.12. The van der Waals surface area contributed by atoms with E-state index in [1.54, 1.807) is 12.3 Å². The second kappa shape index (κ2) is 8.51. The number of carbonyl (C=O) groups is 2. The van der Waals surface area contributed by atoms with Gasteiger partial charge in [-0.25, -0.2) is 14.7 Å². The quantitative estimate of drug-likeness (QED) is 0.507. The van der Waals surface area contributed by atoms with E-state index in [-0.39, 0.29) is 11.7 Å². The maximum atomic E-state index is 12.2. The maximum Gasteiger partial charge on any atom is 0.422 e. The van der Waals surface area contributed by atoms with Crippen LogP contribution in [0.5, 0.6) is 5.75 Å². The molecular weight excluding hydrogens is 334 g/mol. The van der Waals surface area contributed by atoms with E-state index in [9.17, 15) is 9.59 Å². The third-order valence-corrected chi connectivity index (χ3v) is 4.18. The molecule has 0 N–H and O–H groups in total. The van der Waals surface area contributed by atoms with Crippen LogP contribution in [0.2, 0.25) is 0 Å². The molecule has 0 aliphatic carbocycles. The minimum atomic E-state index is -0.583. The van der Waals surface area contributed by atoms with Gasteiger partial charge in [-0.05, 0) is 43.9 Å². The number of pyridine rings is 1. The highest BCUT2D eigenvalue weighted by Gasteiger charge is 2.35. The molecule has 0 aromatic carbocycles. The molecule has 0 radical (unpaired) electrons. The first kappa shape index (κ1) is 18.0. The molecule has 1 saturated heterocycles. The van der Waals surface area contributed by atoms with Crippen LogP contribution in [0.3, 0.4) is 0 Å². The van der Waals surface area contributed by atoms with Gasteiger partial charge in [-0.1, -0.05) is 13.3 Å². The summed E-state index contributed by atoms with van der Waals surface area (Å²) < 4.78 is 12.7. The zero-order valence-electron chi connectivity index (χ0n) is 14.9. The monoisotopic (exact) mass is 357 g/mol. The summed E-state index contributed by atoms with van der Waals surface area (Å²) in [5, 5.41) is 0. The summed E-state index contributed by atoms with van der Waals surface area (Å²) in [5.41, 5.74) is 0.771. The number of carbonyl (C=O) groups excluding carboxylic acids is 2. The lowest BCUT2D eigenvalue weighted by molar-refractivity contribution is -0.123. The average Bonchev–Trinajstić information content (AvgIpc) is 3.22. The summed E-state index contributed by atoms with van der Waals surface area (Å²) in [4.78, 5) is 29.4. The van der Waals surface area contributed by atoms with Crippen LogP contribution in [0.25, 0.3) is 5.65 Å². The fraction of sp³-hybridized carbons (Fsp3) is 0.421. The number of imide groups is 1. The van der Waals surface area contributed by atoms with E-state index in [1.165, 1.54) is 0 Å². The summed E-state index contributed by atoms with van der Waals surface area (Å²) in [6.45, 7) is 2.89. The molecule has 138 valence electrons. The lowest BCUT2D eigenvalue weighted by atomic mass is 10.2. The van der Waals surface area contributed by atoms with E-state index < -0.39 is 6.09 Å². The molecule has 7 heteroatoms. The fourth-order valence-corrected chi connectivity index (χ4v) is 2.76. The van der Waals surface area contributed by atoms with Crippen molar-refractivity contribution in [3.8, 4) is 5.75 Å². The molecule has 2 aromatic rings. The van der Waals surface area contributed by atoms with Crippen LogP contribution in [0.4, 0.5) is 4.79 Å². The van der Waals surface area contributed by atoms with Gasteiger partial charge in [0, 0.05) is 25.1 Å². The highest BCUT2D eigenvalue weighted by Crippen LogP contribution is 2.20. The Balaban J connectivity index is 1.43. The van der Waals surface area contributed by atoms with Crippen LogP contribution in [-0.4, -0.2) is 39.4 Å². The van der Waals surface area contributed by atoms with Crippen molar-refractivity contribution < 1.29 is 19.1 Å². The first-order chi connectivity index (χ1) is 12.7. The first-order valence-electron chi connectivity index (χ1n) is 8.99. The largest absolute Gasteiger partial charge is 0.490 e. The summed E-state index contributed by atoms with van der Waals surface area (Å²) in [7, 11) is 0. The van der Waals surface area contributed by atoms with Crippen molar-refractivity contribution in [1.29, 1.82) is 0 Å². The molecule has 3 heterocycles. The number of unbranched alkanes of at least 4 members (excludes halogenated alkanes) is 3. The van der Waals surface area contributed by atoms with Gasteiger partial charge in [-0.3, -0.25) is 4.79 Å². The van der Waals surface area contributed by atoms with Crippen molar-refractivity contribution in [3.63, 3.8) is 0 Å². The molecule has 2 aromatic heterocycles. The molecule has 3 rings (SSSR count). The van der Waals surface area contributed by atoms with Gasteiger partial charge in [0.05, 0.1) is 6.61 Å². The van der Waals surface area contributed by atoms with Gasteiger partial charge in [0.25, 0.3) is 5.91 Å². The highest BCUT2D eigenvalue weighted by atomic mass is 16.6. The number of nitrogens with zero attached hydrogens (tertiary/aromatic N) is 3. The molecule has 0 atom stereocenters. The molecule has 1 aliphatic heterocycles. The fourth-order valence-electron chi connectivity index (χ4n) is 2.76. The Morgan fingerprint density at radius 1 is 1.23 bits per heavy atom. The number of ether oxygens (including phenoxy) is 2. The second-order valence-electron chi connectivity index (χ2n) is 6.12. The molecule has 1 fully saturated rings. The standard InChI is InChI=1S/C19H23N3O4/c1-2-3-4-8-16-18(23)22(19(24)26-16)12-5-6-14-25-15-9-7-11-21-13-10-20-17(15)21/h7-11,13H,2-6,12,14H2,1H3. The van der Waals surface area contributed by atoms with Crippen LogP contribution >= 0.6 is 0 Å². The average molecular weight is 357 g/mol. The van der Waals surface area contributed by atoms with E-state index >= 15 is 0 Å². The van der Waals surface area contributed by atoms with E-state index in [1.807, 2.05) is 28.9 Å². The molecule has 2 amide bonds. The van der Waals surface area contributed by atoms with Gasteiger partial charge in [-0.15, -0.1) is 0 Å². The molecule has 0 saturated carbocycles. The SMILES string of the molecule is CCCCC=C1OC(=O)N(CCCCOc2cccn3ccnc23)C1=O. The number of hydrogen-bond acceptors (Lipinski definition) is 5. The van der Waals surface area contributed by atoms with Crippen molar-refractivity contribution in [3.05, 3.63) is 42.6 Å². The van der Waals surface area contributed by atoms with Crippen LogP contribution in [0.1, 0.15) is 39.0 Å². The number of fused-ring (bicyclic) bond motifs is 1. The minimum absolute atomic E-state index is 0.158. The molecule has 26 heavy (non-hydrogen) atoms. The molecule has 0 unspecified atom stereocenters. The first-order valence-corrected chi connectivity index (χ1v) is 8.99. The van der Waals surface area contributed by atoms with E-state index in [2.05, 4.69) is 11.9 Å². The van der Waals surface area contributed by atoms with Crippen LogP contribution < -0.4 is 4.74 Å². The number of aromatic nitrogens is 2. The smallest absolute Gasteiger partial charge is 0.422 e. The molecular formula is C19H23N3O4. The Morgan fingerprint density at radius 3 is 2.96 bits per heavy atom. The summed E-state index contributed by atoms with van der Waals surface area (Å²) in [6, 6.07) is 3.77. The van der Waals surface area contributed by atoms with E-state index in [0.29, 0.717) is 26.0 Å². The normalized spacial score (nSPS) is 15.9. The topological polar surface area (TPSA) is 73.1 Å². The Morgan fingerprint density at radius 2 is 2.12 bits per heavy atom. The number of allylic oxidation sites excluding steroid dienone is 1. The molecule has 0 bridgehead atoms. The van der Waals surface area contributed by atoms with Crippen molar-refractivity contribution in [2.75, 3.05) is 13.2 Å². The lowest BCUT2D eigenvalue weighted by Gasteiger charge is -2.10. The predicted octanol–water partition coefficient (Wildman–Crippen LogP) is 3.55. The maximum absolute atomic E-state index is 12.2. The minimum Gasteiger partial charge on any atom is -0.490 e. The Labute approximate surface area is 152 Å². The number of cyclic esters (lactones) is 1. The molecule has 7 nitrogen and oxygen atoms in total.